The Morgan fingerprint density at radius 2 is 1.95 bits per heavy atom. The van der Waals surface area contributed by atoms with Crippen LogP contribution in [0.25, 0.3) is 10.2 Å². The molecule has 0 atom stereocenters. The van der Waals surface area contributed by atoms with Gasteiger partial charge in [-0.25, -0.2) is 9.97 Å². The molecule has 1 N–H and O–H groups in total. The molecule has 21 heavy (non-hydrogen) atoms. The number of nitrogens with zero attached hydrogens (tertiary/aromatic N) is 2. The minimum absolute atomic E-state index is 0.494. The summed E-state index contributed by atoms with van der Waals surface area (Å²) in [6.45, 7) is 10.7. The average molecular weight is 307 g/mol. The predicted molar refractivity (Wildman–Crippen MR) is 90.2 cm³/mol. The second-order valence-corrected chi connectivity index (χ2v) is 6.45. The smallest absolute Gasteiger partial charge is 0.158 e. The molecule has 0 unspecified atom stereocenters. The van der Waals surface area contributed by atoms with E-state index in [1.54, 1.807) is 11.3 Å². The Balaban J connectivity index is 2.17. The Bertz CT molecular complexity index is 595. The highest BCUT2D eigenvalue weighted by Gasteiger charge is 2.14. The molecular weight excluding hydrogens is 282 g/mol. The van der Waals surface area contributed by atoms with Crippen molar-refractivity contribution in [2.45, 2.75) is 53.6 Å². The van der Waals surface area contributed by atoms with Crippen LogP contribution in [0.4, 0.5) is 5.82 Å². The Labute approximate surface area is 131 Å². The second kappa shape index (κ2) is 7.71. The lowest BCUT2D eigenvalue weighted by molar-refractivity contribution is 0.112. The first-order chi connectivity index (χ1) is 10.2. The number of thiophene rings is 1. The van der Waals surface area contributed by atoms with Crippen LogP contribution in [0.5, 0.6) is 0 Å². The van der Waals surface area contributed by atoms with Crippen molar-refractivity contribution in [3.05, 3.63) is 16.3 Å². The fourth-order valence-electron chi connectivity index (χ4n) is 2.27. The van der Waals surface area contributed by atoms with Crippen LogP contribution < -0.4 is 5.32 Å². The Morgan fingerprint density at radius 3 is 2.67 bits per heavy atom. The van der Waals surface area contributed by atoms with Crippen molar-refractivity contribution in [1.82, 2.24) is 9.97 Å². The molecule has 5 heteroatoms. The molecule has 2 rings (SSSR count). The molecule has 0 aliphatic heterocycles. The van der Waals surface area contributed by atoms with Crippen molar-refractivity contribution < 1.29 is 4.74 Å². The first-order valence-electron chi connectivity index (χ1n) is 7.75. The summed E-state index contributed by atoms with van der Waals surface area (Å²) in [6.07, 6.45) is 3.53. The Morgan fingerprint density at radius 1 is 1.14 bits per heavy atom. The monoisotopic (exact) mass is 307 g/mol. The number of ether oxygens (including phenoxy) is 1. The van der Waals surface area contributed by atoms with Crippen LogP contribution >= 0.6 is 11.3 Å². The van der Waals surface area contributed by atoms with Crippen molar-refractivity contribution >= 4 is 27.4 Å². The lowest BCUT2D eigenvalue weighted by Gasteiger charge is -2.08. The van der Waals surface area contributed by atoms with Crippen LogP contribution in [0.15, 0.2) is 0 Å². The Hall–Kier alpha value is -1.20. The molecule has 0 aliphatic rings. The van der Waals surface area contributed by atoms with Crippen LogP contribution in [0.2, 0.25) is 0 Å². The fourth-order valence-corrected chi connectivity index (χ4v) is 3.32. The number of aryl methyl sites for hydroxylation is 2. The lowest BCUT2D eigenvalue weighted by Crippen LogP contribution is -2.06. The van der Waals surface area contributed by atoms with Gasteiger partial charge in [-0.15, -0.1) is 11.3 Å². The van der Waals surface area contributed by atoms with Crippen LogP contribution in [0.1, 0.15) is 49.4 Å². The van der Waals surface area contributed by atoms with Gasteiger partial charge in [0.15, 0.2) is 5.82 Å². The molecule has 0 fully saturated rings. The number of anilines is 1. The normalized spacial score (nSPS) is 11.2. The number of fused-ring (bicyclic) bond motifs is 1. The molecule has 0 aromatic carbocycles. The summed E-state index contributed by atoms with van der Waals surface area (Å²) in [6, 6.07) is 0. The topological polar surface area (TPSA) is 47.0 Å². The summed E-state index contributed by atoms with van der Waals surface area (Å²) in [5, 5.41) is 4.52. The number of aromatic nitrogens is 2. The van der Waals surface area contributed by atoms with E-state index in [1.807, 2.05) is 0 Å². The van der Waals surface area contributed by atoms with Gasteiger partial charge in [0.1, 0.15) is 17.3 Å². The van der Waals surface area contributed by atoms with E-state index in [2.05, 4.69) is 43.0 Å². The molecular formula is C16H25N3OS. The van der Waals surface area contributed by atoms with Crippen molar-refractivity contribution in [1.29, 1.82) is 0 Å². The lowest BCUT2D eigenvalue weighted by atomic mass is 10.2. The van der Waals surface area contributed by atoms with Gasteiger partial charge in [-0.2, -0.15) is 0 Å². The third-order valence-electron chi connectivity index (χ3n) is 3.54. The zero-order valence-corrected chi connectivity index (χ0v) is 14.3. The second-order valence-electron chi connectivity index (χ2n) is 5.24. The number of hydrogen-bond donors (Lipinski definition) is 1. The zero-order chi connectivity index (χ0) is 15.2. The van der Waals surface area contributed by atoms with Gasteiger partial charge >= 0.3 is 0 Å². The maximum Gasteiger partial charge on any atom is 0.158 e. The molecule has 2 heterocycles. The van der Waals surface area contributed by atoms with E-state index in [0.717, 1.165) is 41.4 Å². The summed E-state index contributed by atoms with van der Waals surface area (Å²) < 4.78 is 5.69. The van der Waals surface area contributed by atoms with E-state index in [1.165, 1.54) is 23.3 Å². The molecule has 0 spiro atoms. The minimum Gasteiger partial charge on any atom is -0.373 e. The molecule has 2 aromatic heterocycles. The van der Waals surface area contributed by atoms with E-state index in [9.17, 15) is 0 Å². The van der Waals surface area contributed by atoms with Gasteiger partial charge in [0.05, 0.1) is 5.39 Å². The predicted octanol–water partition coefficient (Wildman–Crippen LogP) is 4.45. The van der Waals surface area contributed by atoms with Gasteiger partial charge in [0, 0.05) is 18.0 Å². The van der Waals surface area contributed by atoms with E-state index >= 15 is 0 Å². The summed E-state index contributed by atoms with van der Waals surface area (Å²) in [5.41, 5.74) is 1.28. The largest absolute Gasteiger partial charge is 0.373 e. The van der Waals surface area contributed by atoms with Gasteiger partial charge in [-0.05, 0) is 32.8 Å². The highest BCUT2D eigenvalue weighted by Crippen LogP contribution is 2.33. The van der Waals surface area contributed by atoms with Crippen LogP contribution in [-0.2, 0) is 11.3 Å². The van der Waals surface area contributed by atoms with Gasteiger partial charge in [-0.3, -0.25) is 0 Å². The first-order valence-corrected chi connectivity index (χ1v) is 8.57. The van der Waals surface area contributed by atoms with E-state index in [0.29, 0.717) is 6.61 Å². The quantitative estimate of drug-likeness (QED) is 0.732. The van der Waals surface area contributed by atoms with Crippen molar-refractivity contribution in [2.24, 2.45) is 0 Å². The third kappa shape index (κ3) is 3.92. The third-order valence-corrected chi connectivity index (χ3v) is 4.64. The fraction of sp³-hybridized carbons (Fsp3) is 0.625. The molecule has 116 valence electrons. The molecule has 0 radical (unpaired) electrons. The summed E-state index contributed by atoms with van der Waals surface area (Å²) in [7, 11) is 0. The van der Waals surface area contributed by atoms with E-state index < -0.39 is 0 Å². The van der Waals surface area contributed by atoms with Crippen molar-refractivity contribution in [3.63, 3.8) is 0 Å². The highest BCUT2D eigenvalue weighted by atomic mass is 32.1. The maximum atomic E-state index is 5.69. The molecule has 0 aliphatic carbocycles. The van der Waals surface area contributed by atoms with Gasteiger partial charge in [0.2, 0.25) is 0 Å². The van der Waals surface area contributed by atoms with E-state index in [4.69, 9.17) is 4.74 Å². The summed E-state index contributed by atoms with van der Waals surface area (Å²) in [5.74, 6) is 1.72. The maximum absolute atomic E-state index is 5.69. The minimum atomic E-state index is 0.494. The number of nitrogens with one attached hydrogen (secondary N) is 1. The molecule has 4 nitrogen and oxygen atoms in total. The molecule has 0 saturated carbocycles. The zero-order valence-electron chi connectivity index (χ0n) is 13.5. The molecule has 0 bridgehead atoms. The SMILES string of the molecule is CCCCCOCc1nc(NCC)c2c(C)c(C)sc2n1. The van der Waals surface area contributed by atoms with Gasteiger partial charge < -0.3 is 10.1 Å². The standard InChI is InChI=1S/C16H25N3OS/c1-5-7-8-9-20-10-13-18-15(17-6-2)14-11(3)12(4)21-16(14)19-13/h5-10H2,1-4H3,(H,17,18,19). The van der Waals surface area contributed by atoms with Gasteiger partial charge in [0.25, 0.3) is 0 Å². The van der Waals surface area contributed by atoms with Crippen LogP contribution in [0.3, 0.4) is 0 Å². The molecule has 0 saturated heterocycles. The highest BCUT2D eigenvalue weighted by molar-refractivity contribution is 7.18. The van der Waals surface area contributed by atoms with E-state index in [-0.39, 0.29) is 0 Å². The van der Waals surface area contributed by atoms with Gasteiger partial charge in [-0.1, -0.05) is 19.8 Å². The molecule has 0 amide bonds. The first kappa shape index (κ1) is 16.2. The van der Waals surface area contributed by atoms with Crippen LogP contribution in [0, 0.1) is 13.8 Å². The summed E-state index contributed by atoms with van der Waals surface area (Å²) in [4.78, 5) is 11.7. The Kier molecular flexibility index (Phi) is 5.94. The number of rotatable bonds is 8. The van der Waals surface area contributed by atoms with Crippen LogP contribution in [-0.4, -0.2) is 23.1 Å². The van der Waals surface area contributed by atoms with Crippen molar-refractivity contribution in [3.8, 4) is 0 Å². The number of hydrogen-bond acceptors (Lipinski definition) is 5. The summed E-state index contributed by atoms with van der Waals surface area (Å²) >= 11 is 1.73. The average Bonchev–Trinajstić information content (AvgIpc) is 2.74. The van der Waals surface area contributed by atoms with Crippen molar-refractivity contribution in [2.75, 3.05) is 18.5 Å². The number of unbranched alkanes of at least 4 members (excludes halogenated alkanes) is 2. The molecule has 2 aromatic rings.